The van der Waals surface area contributed by atoms with Gasteiger partial charge in [-0.1, -0.05) is 15.9 Å². The van der Waals surface area contributed by atoms with Crippen LogP contribution in [0.4, 0.5) is 11.4 Å². The second kappa shape index (κ2) is 6.29. The number of nitro groups is 1. The number of nitrogens with zero attached hydrogens (tertiary/aromatic N) is 2. The van der Waals surface area contributed by atoms with Crippen LogP contribution in [0.25, 0.3) is 0 Å². The molecule has 5 nitrogen and oxygen atoms in total. The highest BCUT2D eigenvalue weighted by Gasteiger charge is 2.14. The summed E-state index contributed by atoms with van der Waals surface area (Å²) in [6, 6.07) is 12.2. The van der Waals surface area contributed by atoms with Crippen LogP contribution in [0.1, 0.15) is 5.56 Å². The maximum Gasteiger partial charge on any atom is 0.311 e. The highest BCUT2D eigenvalue weighted by Crippen LogP contribution is 2.27. The van der Waals surface area contributed by atoms with Crippen molar-refractivity contribution < 1.29 is 9.66 Å². The molecule has 0 bridgehead atoms. The molecule has 0 saturated heterocycles. The van der Waals surface area contributed by atoms with Crippen molar-refractivity contribution in [2.75, 3.05) is 7.11 Å². The van der Waals surface area contributed by atoms with Crippen molar-refractivity contribution in [3.05, 3.63) is 62.6 Å². The van der Waals surface area contributed by atoms with E-state index in [1.165, 1.54) is 13.2 Å². The number of ether oxygens (including phenoxy) is 1. The van der Waals surface area contributed by atoms with Crippen LogP contribution in [-0.2, 0) is 0 Å². The molecule has 0 aliphatic rings. The average Bonchev–Trinajstić information content (AvgIpc) is 2.46. The number of aliphatic imine (C=N–C) groups is 1. The molecule has 0 radical (unpaired) electrons. The SMILES string of the molecule is COc1ccc(C=Nc2ccc(Br)cc2)cc1[N+](=O)[O-]. The second-order valence-electron chi connectivity index (χ2n) is 3.92. The van der Waals surface area contributed by atoms with E-state index in [1.807, 2.05) is 24.3 Å². The second-order valence-corrected chi connectivity index (χ2v) is 4.84. The molecular weight excluding hydrogens is 324 g/mol. The normalized spacial score (nSPS) is 10.7. The van der Waals surface area contributed by atoms with Crippen LogP contribution in [0.5, 0.6) is 5.75 Å². The lowest BCUT2D eigenvalue weighted by atomic mass is 10.2. The summed E-state index contributed by atoms with van der Waals surface area (Å²) in [7, 11) is 1.40. The van der Waals surface area contributed by atoms with Gasteiger partial charge in [-0.25, -0.2) is 0 Å². The van der Waals surface area contributed by atoms with Crippen LogP contribution in [0.2, 0.25) is 0 Å². The zero-order chi connectivity index (χ0) is 14.5. The quantitative estimate of drug-likeness (QED) is 0.480. The van der Waals surface area contributed by atoms with Gasteiger partial charge in [-0.05, 0) is 42.0 Å². The fourth-order valence-electron chi connectivity index (χ4n) is 1.61. The molecule has 0 aliphatic heterocycles. The lowest BCUT2D eigenvalue weighted by molar-refractivity contribution is -0.385. The highest BCUT2D eigenvalue weighted by molar-refractivity contribution is 9.10. The van der Waals surface area contributed by atoms with Gasteiger partial charge in [0.05, 0.1) is 17.7 Å². The number of hydrogen-bond acceptors (Lipinski definition) is 4. The molecule has 20 heavy (non-hydrogen) atoms. The minimum Gasteiger partial charge on any atom is -0.490 e. The standard InChI is InChI=1S/C14H11BrN2O3/c1-20-14-7-2-10(8-13(14)17(18)19)9-16-12-5-3-11(15)4-6-12/h2-9H,1H3. The lowest BCUT2D eigenvalue weighted by Gasteiger charge is -2.02. The zero-order valence-corrected chi connectivity index (χ0v) is 12.2. The van der Waals surface area contributed by atoms with Gasteiger partial charge in [0.2, 0.25) is 0 Å². The maximum absolute atomic E-state index is 10.9. The molecule has 0 fully saturated rings. The van der Waals surface area contributed by atoms with Crippen molar-refractivity contribution in [1.29, 1.82) is 0 Å². The van der Waals surface area contributed by atoms with Gasteiger partial charge in [0.25, 0.3) is 0 Å². The predicted octanol–water partition coefficient (Wildman–Crippen LogP) is 4.12. The molecule has 0 amide bonds. The molecule has 0 heterocycles. The Bertz CT molecular complexity index is 654. The lowest BCUT2D eigenvalue weighted by Crippen LogP contribution is -1.95. The Morgan fingerprint density at radius 1 is 1.25 bits per heavy atom. The number of halogens is 1. The summed E-state index contributed by atoms with van der Waals surface area (Å²) in [6.07, 6.45) is 1.58. The van der Waals surface area contributed by atoms with Gasteiger partial charge in [-0.2, -0.15) is 0 Å². The van der Waals surface area contributed by atoms with E-state index in [0.717, 1.165) is 10.2 Å². The van der Waals surface area contributed by atoms with Crippen LogP contribution in [0.15, 0.2) is 51.9 Å². The summed E-state index contributed by atoms with van der Waals surface area (Å²) in [5, 5.41) is 10.9. The van der Waals surface area contributed by atoms with Crippen molar-refractivity contribution in [3.8, 4) is 5.75 Å². The topological polar surface area (TPSA) is 64.7 Å². The first-order valence-electron chi connectivity index (χ1n) is 5.72. The number of rotatable bonds is 4. The minimum atomic E-state index is -0.476. The first kappa shape index (κ1) is 14.2. The number of benzene rings is 2. The first-order valence-corrected chi connectivity index (χ1v) is 6.51. The summed E-state index contributed by atoms with van der Waals surface area (Å²) < 4.78 is 5.92. The number of nitro benzene ring substituents is 1. The smallest absolute Gasteiger partial charge is 0.311 e. The summed E-state index contributed by atoms with van der Waals surface area (Å²) in [4.78, 5) is 14.7. The zero-order valence-electron chi connectivity index (χ0n) is 10.6. The Morgan fingerprint density at radius 3 is 2.55 bits per heavy atom. The Balaban J connectivity index is 2.27. The van der Waals surface area contributed by atoms with Gasteiger partial charge < -0.3 is 4.74 Å². The maximum atomic E-state index is 10.9. The molecule has 0 atom stereocenters. The largest absolute Gasteiger partial charge is 0.490 e. The van der Waals surface area contributed by atoms with Gasteiger partial charge in [-0.15, -0.1) is 0 Å². The molecular formula is C14H11BrN2O3. The third kappa shape index (κ3) is 3.42. The molecule has 102 valence electrons. The molecule has 0 N–H and O–H groups in total. The fraction of sp³-hybridized carbons (Fsp3) is 0.0714. The molecule has 0 aliphatic carbocycles. The summed E-state index contributed by atoms with van der Waals surface area (Å²) in [6.45, 7) is 0. The molecule has 0 unspecified atom stereocenters. The summed E-state index contributed by atoms with van der Waals surface area (Å²) in [5.41, 5.74) is 1.33. The van der Waals surface area contributed by atoms with E-state index < -0.39 is 4.92 Å². The Kier molecular flexibility index (Phi) is 4.47. The fourth-order valence-corrected chi connectivity index (χ4v) is 1.87. The Labute approximate surface area is 124 Å². The van der Waals surface area contributed by atoms with E-state index in [1.54, 1.807) is 18.3 Å². The van der Waals surface area contributed by atoms with Crippen molar-refractivity contribution in [1.82, 2.24) is 0 Å². The van der Waals surface area contributed by atoms with Gasteiger partial charge >= 0.3 is 5.69 Å². The van der Waals surface area contributed by atoms with Crippen molar-refractivity contribution in [3.63, 3.8) is 0 Å². The first-order chi connectivity index (χ1) is 9.60. The van der Waals surface area contributed by atoms with E-state index in [-0.39, 0.29) is 11.4 Å². The minimum absolute atomic E-state index is 0.0766. The number of hydrogen-bond donors (Lipinski definition) is 0. The van der Waals surface area contributed by atoms with Crippen molar-refractivity contribution in [2.24, 2.45) is 4.99 Å². The van der Waals surface area contributed by atoms with Crippen LogP contribution in [0, 0.1) is 10.1 Å². The van der Waals surface area contributed by atoms with Crippen LogP contribution < -0.4 is 4.74 Å². The van der Waals surface area contributed by atoms with E-state index in [2.05, 4.69) is 20.9 Å². The van der Waals surface area contributed by atoms with E-state index in [0.29, 0.717) is 5.56 Å². The highest BCUT2D eigenvalue weighted by atomic mass is 79.9. The van der Waals surface area contributed by atoms with Gasteiger partial charge in [0.15, 0.2) is 5.75 Å². The molecule has 2 aromatic rings. The molecule has 2 aromatic carbocycles. The van der Waals surface area contributed by atoms with E-state index in [4.69, 9.17) is 4.74 Å². The van der Waals surface area contributed by atoms with Crippen LogP contribution in [-0.4, -0.2) is 18.2 Å². The monoisotopic (exact) mass is 334 g/mol. The third-order valence-electron chi connectivity index (χ3n) is 2.59. The Hall–Kier alpha value is -2.21. The molecule has 0 aromatic heterocycles. The molecule has 0 spiro atoms. The van der Waals surface area contributed by atoms with Gasteiger partial charge in [-0.3, -0.25) is 15.1 Å². The van der Waals surface area contributed by atoms with Crippen molar-refractivity contribution in [2.45, 2.75) is 0 Å². The average molecular weight is 335 g/mol. The third-order valence-corrected chi connectivity index (χ3v) is 3.12. The summed E-state index contributed by atoms with van der Waals surface area (Å²) >= 11 is 3.34. The Morgan fingerprint density at radius 2 is 1.95 bits per heavy atom. The van der Waals surface area contributed by atoms with Gasteiger partial charge in [0, 0.05) is 16.8 Å². The van der Waals surface area contributed by atoms with E-state index >= 15 is 0 Å². The summed E-state index contributed by atoms with van der Waals surface area (Å²) in [5.74, 6) is 0.232. The molecule has 6 heteroatoms. The van der Waals surface area contributed by atoms with Crippen molar-refractivity contribution >= 4 is 33.5 Å². The van der Waals surface area contributed by atoms with Crippen LogP contribution in [0.3, 0.4) is 0 Å². The molecule has 0 saturated carbocycles. The van der Waals surface area contributed by atoms with E-state index in [9.17, 15) is 10.1 Å². The molecule has 2 rings (SSSR count). The predicted molar refractivity (Wildman–Crippen MR) is 81.0 cm³/mol. The van der Waals surface area contributed by atoms with Crippen LogP contribution >= 0.6 is 15.9 Å². The van der Waals surface area contributed by atoms with Gasteiger partial charge in [0.1, 0.15) is 0 Å². The number of methoxy groups -OCH3 is 1.